The van der Waals surface area contributed by atoms with Crippen LogP contribution in [0, 0.1) is 0 Å². The third-order valence-electron chi connectivity index (χ3n) is 2.49. The van der Waals surface area contributed by atoms with E-state index in [1.165, 1.54) is 0 Å². The summed E-state index contributed by atoms with van der Waals surface area (Å²) >= 11 is 0. The molecule has 2 heterocycles. The van der Waals surface area contributed by atoms with Crippen molar-refractivity contribution in [2.75, 3.05) is 0 Å². The van der Waals surface area contributed by atoms with Crippen LogP contribution in [0.4, 0.5) is 0 Å². The highest BCUT2D eigenvalue weighted by Gasteiger charge is 2.64. The molecule has 0 bridgehead atoms. The number of ether oxygens (including phenoxy) is 1. The third-order valence-corrected chi connectivity index (χ3v) is 2.49. The fourth-order valence-corrected chi connectivity index (χ4v) is 1.71. The summed E-state index contributed by atoms with van der Waals surface area (Å²) in [5.41, 5.74) is -1.12. The molecule has 2 rings (SSSR count). The standard InChI is InChI=1S/C9H13NO3/c1-2-3-4-5-9(12)7-6(13-7)8(11)10-9/h2-3,6-7,12H,4-5H2,1H3,(H,10,11)/b3-2+/t6-,7+,9-/m1/s1. The van der Waals surface area contributed by atoms with Crippen LogP contribution in [0.2, 0.25) is 0 Å². The largest absolute Gasteiger partial charge is 0.368 e. The minimum Gasteiger partial charge on any atom is -0.368 e. The lowest BCUT2D eigenvalue weighted by atomic mass is 10.1. The van der Waals surface area contributed by atoms with Gasteiger partial charge in [-0.05, 0) is 13.3 Å². The zero-order valence-corrected chi connectivity index (χ0v) is 7.49. The molecule has 0 radical (unpaired) electrons. The number of allylic oxidation sites excluding steroid dienone is 2. The maximum absolute atomic E-state index is 11.0. The molecular formula is C9H13NO3. The lowest BCUT2D eigenvalue weighted by Gasteiger charge is -2.22. The van der Waals surface area contributed by atoms with Crippen molar-refractivity contribution in [1.82, 2.24) is 5.32 Å². The Morgan fingerprint density at radius 2 is 2.54 bits per heavy atom. The predicted molar refractivity (Wildman–Crippen MR) is 45.8 cm³/mol. The van der Waals surface area contributed by atoms with Crippen LogP contribution in [0.25, 0.3) is 0 Å². The summed E-state index contributed by atoms with van der Waals surface area (Å²) in [5.74, 6) is -0.187. The zero-order chi connectivity index (χ0) is 9.47. The Balaban J connectivity index is 1.94. The Kier molecular flexibility index (Phi) is 1.89. The zero-order valence-electron chi connectivity index (χ0n) is 7.49. The van der Waals surface area contributed by atoms with E-state index in [1.807, 2.05) is 19.1 Å². The number of carbonyl (C=O) groups is 1. The van der Waals surface area contributed by atoms with Gasteiger partial charge in [0.15, 0.2) is 11.8 Å². The SMILES string of the molecule is C/C=C/CC[C@]1(O)NC(=O)[C@@H]2O[C@@H]21. The maximum Gasteiger partial charge on any atom is 0.254 e. The molecule has 13 heavy (non-hydrogen) atoms. The molecule has 0 aromatic carbocycles. The molecule has 0 saturated carbocycles. The number of hydrogen-bond acceptors (Lipinski definition) is 3. The first-order valence-electron chi connectivity index (χ1n) is 4.48. The van der Waals surface area contributed by atoms with E-state index >= 15 is 0 Å². The van der Waals surface area contributed by atoms with E-state index in [2.05, 4.69) is 5.32 Å². The molecule has 1 amide bonds. The Morgan fingerprint density at radius 1 is 1.77 bits per heavy atom. The van der Waals surface area contributed by atoms with E-state index in [9.17, 15) is 9.90 Å². The van der Waals surface area contributed by atoms with Gasteiger partial charge in [0, 0.05) is 6.42 Å². The predicted octanol–water partition coefficient (Wildman–Crippen LogP) is -0.0715. The third kappa shape index (κ3) is 1.36. The summed E-state index contributed by atoms with van der Waals surface area (Å²) in [6.45, 7) is 1.92. The number of morpholine rings is 1. The number of carbonyl (C=O) groups excluding carboxylic acids is 1. The maximum atomic E-state index is 11.0. The average Bonchev–Trinajstić information content (AvgIpc) is 2.79. The number of rotatable bonds is 3. The Hall–Kier alpha value is -0.870. The monoisotopic (exact) mass is 183 g/mol. The van der Waals surface area contributed by atoms with Crippen molar-refractivity contribution < 1.29 is 14.6 Å². The van der Waals surface area contributed by atoms with E-state index in [4.69, 9.17) is 4.74 Å². The van der Waals surface area contributed by atoms with Gasteiger partial charge in [0.2, 0.25) is 0 Å². The van der Waals surface area contributed by atoms with Crippen LogP contribution in [0.3, 0.4) is 0 Å². The van der Waals surface area contributed by atoms with Gasteiger partial charge in [-0.3, -0.25) is 4.79 Å². The Morgan fingerprint density at radius 3 is 3.00 bits per heavy atom. The van der Waals surface area contributed by atoms with Crippen LogP contribution in [-0.4, -0.2) is 28.9 Å². The van der Waals surface area contributed by atoms with Crippen LogP contribution < -0.4 is 5.32 Å². The number of amides is 1. The number of hydrogen-bond donors (Lipinski definition) is 2. The summed E-state index contributed by atoms with van der Waals surface area (Å²) in [7, 11) is 0. The van der Waals surface area contributed by atoms with E-state index in [0.717, 1.165) is 6.42 Å². The minimum atomic E-state index is -1.12. The van der Waals surface area contributed by atoms with Crippen LogP contribution in [0.1, 0.15) is 19.8 Å². The number of epoxide rings is 1. The molecule has 3 atom stereocenters. The summed E-state index contributed by atoms with van der Waals surface area (Å²) in [5, 5.41) is 12.5. The highest BCUT2D eigenvalue weighted by Crippen LogP contribution is 2.39. The fraction of sp³-hybridized carbons (Fsp3) is 0.667. The molecule has 2 N–H and O–H groups in total. The van der Waals surface area contributed by atoms with Crippen LogP contribution >= 0.6 is 0 Å². The summed E-state index contributed by atoms with van der Waals surface area (Å²) in [6.07, 6.45) is 4.44. The molecule has 0 aromatic heterocycles. The van der Waals surface area contributed by atoms with Gasteiger partial charge in [0.25, 0.3) is 5.91 Å². The Bertz CT molecular complexity index is 264. The quantitative estimate of drug-likeness (QED) is 0.475. The molecule has 0 unspecified atom stereocenters. The van der Waals surface area contributed by atoms with Crippen molar-refractivity contribution in [3.63, 3.8) is 0 Å². The molecule has 4 nitrogen and oxygen atoms in total. The molecule has 2 aliphatic rings. The van der Waals surface area contributed by atoms with Gasteiger partial charge in [0.1, 0.15) is 6.10 Å². The van der Waals surface area contributed by atoms with Gasteiger partial charge in [0.05, 0.1) is 0 Å². The van der Waals surface area contributed by atoms with Gasteiger partial charge < -0.3 is 15.2 Å². The molecule has 0 aromatic rings. The lowest BCUT2D eigenvalue weighted by molar-refractivity contribution is -0.129. The molecule has 2 aliphatic heterocycles. The molecule has 2 saturated heterocycles. The second-order valence-corrected chi connectivity index (χ2v) is 3.50. The van der Waals surface area contributed by atoms with E-state index in [0.29, 0.717) is 6.42 Å². The van der Waals surface area contributed by atoms with Crippen molar-refractivity contribution in [2.24, 2.45) is 0 Å². The normalized spacial score (nSPS) is 42.2. The number of aliphatic hydroxyl groups is 1. The topological polar surface area (TPSA) is 61.9 Å². The first-order chi connectivity index (χ1) is 6.17. The second kappa shape index (κ2) is 2.82. The summed E-state index contributed by atoms with van der Waals surface area (Å²) in [6, 6.07) is 0. The van der Waals surface area contributed by atoms with Crippen molar-refractivity contribution in [1.29, 1.82) is 0 Å². The van der Waals surface area contributed by atoms with Crippen LogP contribution in [-0.2, 0) is 9.53 Å². The molecule has 4 heteroatoms. The van der Waals surface area contributed by atoms with Crippen molar-refractivity contribution in [2.45, 2.75) is 37.7 Å². The van der Waals surface area contributed by atoms with Gasteiger partial charge in [-0.15, -0.1) is 0 Å². The van der Waals surface area contributed by atoms with Crippen LogP contribution in [0.15, 0.2) is 12.2 Å². The van der Waals surface area contributed by atoms with Gasteiger partial charge in [-0.25, -0.2) is 0 Å². The average molecular weight is 183 g/mol. The molecular weight excluding hydrogens is 170 g/mol. The lowest BCUT2D eigenvalue weighted by Crippen LogP contribution is -2.47. The van der Waals surface area contributed by atoms with Crippen LogP contribution in [0.5, 0.6) is 0 Å². The van der Waals surface area contributed by atoms with E-state index in [-0.39, 0.29) is 12.0 Å². The van der Waals surface area contributed by atoms with Crippen molar-refractivity contribution in [3.05, 3.63) is 12.2 Å². The first kappa shape index (κ1) is 8.72. The van der Waals surface area contributed by atoms with E-state index < -0.39 is 11.8 Å². The molecule has 0 spiro atoms. The van der Waals surface area contributed by atoms with Crippen molar-refractivity contribution in [3.8, 4) is 0 Å². The first-order valence-corrected chi connectivity index (χ1v) is 4.48. The minimum absolute atomic E-state index is 0.187. The summed E-state index contributed by atoms with van der Waals surface area (Å²) in [4.78, 5) is 11.0. The number of nitrogens with one attached hydrogen (secondary N) is 1. The van der Waals surface area contributed by atoms with Gasteiger partial charge in [-0.1, -0.05) is 12.2 Å². The van der Waals surface area contributed by atoms with E-state index in [1.54, 1.807) is 0 Å². The Labute approximate surface area is 76.6 Å². The van der Waals surface area contributed by atoms with Gasteiger partial charge >= 0.3 is 0 Å². The second-order valence-electron chi connectivity index (χ2n) is 3.50. The highest BCUT2D eigenvalue weighted by molar-refractivity contribution is 5.88. The molecule has 0 aliphatic carbocycles. The molecule has 2 fully saturated rings. The summed E-state index contributed by atoms with van der Waals surface area (Å²) < 4.78 is 5.03. The molecule has 72 valence electrons. The highest BCUT2D eigenvalue weighted by atomic mass is 16.6. The smallest absolute Gasteiger partial charge is 0.254 e. The van der Waals surface area contributed by atoms with Gasteiger partial charge in [-0.2, -0.15) is 0 Å². The number of fused-ring (bicyclic) bond motifs is 1. The van der Waals surface area contributed by atoms with Crippen molar-refractivity contribution >= 4 is 5.91 Å². The fourth-order valence-electron chi connectivity index (χ4n) is 1.71.